The van der Waals surface area contributed by atoms with E-state index in [4.69, 9.17) is 5.73 Å². The van der Waals surface area contributed by atoms with Crippen LogP contribution in [0.3, 0.4) is 0 Å². The lowest BCUT2D eigenvalue weighted by Gasteiger charge is -2.22. The van der Waals surface area contributed by atoms with Crippen molar-refractivity contribution in [3.8, 4) is 0 Å². The van der Waals surface area contributed by atoms with Crippen LogP contribution < -0.4 is 11.1 Å². The van der Waals surface area contributed by atoms with Crippen molar-refractivity contribution in [3.05, 3.63) is 35.2 Å². The normalized spacial score (nSPS) is 12.2. The van der Waals surface area contributed by atoms with Crippen LogP contribution in [-0.2, 0) is 6.54 Å². The highest BCUT2D eigenvalue weighted by atomic mass is 32.1. The predicted molar refractivity (Wildman–Crippen MR) is 76.4 cm³/mol. The highest BCUT2D eigenvalue weighted by Crippen LogP contribution is 2.25. The number of fused-ring (bicyclic) bond motifs is 1. The fourth-order valence-corrected chi connectivity index (χ4v) is 2.74. The van der Waals surface area contributed by atoms with Gasteiger partial charge in [0.1, 0.15) is 0 Å². The third kappa shape index (κ3) is 3.06. The molecule has 0 amide bonds. The van der Waals surface area contributed by atoms with Gasteiger partial charge in [0.15, 0.2) is 0 Å². The van der Waals surface area contributed by atoms with Gasteiger partial charge in [-0.2, -0.15) is 0 Å². The van der Waals surface area contributed by atoms with Gasteiger partial charge in [-0.05, 0) is 34.4 Å². The molecule has 0 atom stereocenters. The van der Waals surface area contributed by atoms with Gasteiger partial charge in [0.25, 0.3) is 0 Å². The van der Waals surface area contributed by atoms with E-state index in [1.165, 1.54) is 15.6 Å². The molecule has 17 heavy (non-hydrogen) atoms. The standard InChI is InChI=1S/C14H20N2S/c1-14(2,9-15)10-16-7-11-8-17-13-6-4-3-5-12(11)13/h3-6,8,16H,7,9-10,15H2,1-2H3. The fraction of sp³-hybridized carbons (Fsp3) is 0.429. The number of hydrogen-bond donors (Lipinski definition) is 2. The summed E-state index contributed by atoms with van der Waals surface area (Å²) < 4.78 is 1.36. The Bertz CT molecular complexity index is 488. The molecule has 2 rings (SSSR count). The van der Waals surface area contributed by atoms with Crippen molar-refractivity contribution >= 4 is 21.4 Å². The molecule has 3 heteroatoms. The molecule has 0 saturated heterocycles. The summed E-state index contributed by atoms with van der Waals surface area (Å²) in [7, 11) is 0. The Balaban J connectivity index is 2.00. The smallest absolute Gasteiger partial charge is 0.0346 e. The summed E-state index contributed by atoms with van der Waals surface area (Å²) in [5, 5.41) is 7.11. The second-order valence-electron chi connectivity index (χ2n) is 5.23. The van der Waals surface area contributed by atoms with E-state index in [1.54, 1.807) is 0 Å². The minimum absolute atomic E-state index is 0.172. The van der Waals surface area contributed by atoms with Crippen LogP contribution in [0.5, 0.6) is 0 Å². The molecule has 0 fully saturated rings. The topological polar surface area (TPSA) is 38.0 Å². The minimum Gasteiger partial charge on any atom is -0.330 e. The molecular formula is C14H20N2S. The van der Waals surface area contributed by atoms with Crippen LogP contribution >= 0.6 is 11.3 Å². The van der Waals surface area contributed by atoms with Crippen LogP contribution in [0.25, 0.3) is 10.1 Å². The van der Waals surface area contributed by atoms with E-state index in [-0.39, 0.29) is 5.41 Å². The largest absolute Gasteiger partial charge is 0.330 e. The highest BCUT2D eigenvalue weighted by Gasteiger charge is 2.14. The first-order valence-electron chi connectivity index (χ1n) is 5.98. The van der Waals surface area contributed by atoms with Crippen LogP contribution in [0.4, 0.5) is 0 Å². The van der Waals surface area contributed by atoms with Crippen molar-refractivity contribution in [2.24, 2.45) is 11.1 Å². The Morgan fingerprint density at radius 2 is 2.06 bits per heavy atom. The van der Waals surface area contributed by atoms with Gasteiger partial charge < -0.3 is 11.1 Å². The first-order valence-corrected chi connectivity index (χ1v) is 6.86. The summed E-state index contributed by atoms with van der Waals surface area (Å²) in [6, 6.07) is 8.56. The van der Waals surface area contributed by atoms with Crippen molar-refractivity contribution in [2.75, 3.05) is 13.1 Å². The molecule has 1 heterocycles. The molecule has 0 unspecified atom stereocenters. The molecule has 3 N–H and O–H groups in total. The Hall–Kier alpha value is -0.900. The number of nitrogens with two attached hydrogens (primary N) is 1. The Kier molecular flexibility index (Phi) is 3.82. The van der Waals surface area contributed by atoms with Gasteiger partial charge in [-0.3, -0.25) is 0 Å². The third-order valence-electron chi connectivity index (χ3n) is 3.03. The van der Waals surface area contributed by atoms with E-state index in [0.29, 0.717) is 6.54 Å². The van der Waals surface area contributed by atoms with Gasteiger partial charge in [0.2, 0.25) is 0 Å². The lowest BCUT2D eigenvalue weighted by molar-refractivity contribution is 0.351. The van der Waals surface area contributed by atoms with Crippen molar-refractivity contribution < 1.29 is 0 Å². The lowest BCUT2D eigenvalue weighted by Crippen LogP contribution is -2.35. The molecule has 0 spiro atoms. The van der Waals surface area contributed by atoms with E-state index in [9.17, 15) is 0 Å². The summed E-state index contributed by atoms with van der Waals surface area (Å²) in [4.78, 5) is 0. The van der Waals surface area contributed by atoms with E-state index in [0.717, 1.165) is 13.1 Å². The number of benzene rings is 1. The van der Waals surface area contributed by atoms with Gasteiger partial charge in [0, 0.05) is 17.8 Å². The molecule has 0 aliphatic heterocycles. The minimum atomic E-state index is 0.172. The first-order chi connectivity index (χ1) is 8.12. The molecule has 0 aliphatic carbocycles. The number of rotatable bonds is 5. The summed E-state index contributed by atoms with van der Waals surface area (Å²) >= 11 is 1.81. The molecule has 0 saturated carbocycles. The zero-order valence-corrected chi connectivity index (χ0v) is 11.3. The molecular weight excluding hydrogens is 228 g/mol. The van der Waals surface area contributed by atoms with Crippen molar-refractivity contribution in [1.82, 2.24) is 5.32 Å². The van der Waals surface area contributed by atoms with Gasteiger partial charge >= 0.3 is 0 Å². The maximum atomic E-state index is 5.72. The monoisotopic (exact) mass is 248 g/mol. The van der Waals surface area contributed by atoms with Crippen LogP contribution in [-0.4, -0.2) is 13.1 Å². The molecule has 2 aromatic rings. The predicted octanol–water partition coefficient (Wildman–Crippen LogP) is 2.98. The SMILES string of the molecule is CC(C)(CN)CNCc1csc2ccccc12. The Morgan fingerprint density at radius 1 is 1.29 bits per heavy atom. The molecule has 1 aromatic carbocycles. The molecule has 0 aliphatic rings. The number of nitrogens with one attached hydrogen (secondary N) is 1. The van der Waals surface area contributed by atoms with Crippen LogP contribution in [0, 0.1) is 5.41 Å². The van der Waals surface area contributed by atoms with Crippen LogP contribution in [0.1, 0.15) is 19.4 Å². The van der Waals surface area contributed by atoms with Crippen molar-refractivity contribution in [2.45, 2.75) is 20.4 Å². The fourth-order valence-electron chi connectivity index (χ4n) is 1.78. The van der Waals surface area contributed by atoms with E-state index in [1.807, 2.05) is 11.3 Å². The average molecular weight is 248 g/mol. The maximum Gasteiger partial charge on any atom is 0.0346 e. The van der Waals surface area contributed by atoms with E-state index < -0.39 is 0 Å². The zero-order chi connectivity index (χ0) is 12.3. The van der Waals surface area contributed by atoms with E-state index in [2.05, 4.69) is 48.8 Å². The number of hydrogen-bond acceptors (Lipinski definition) is 3. The first kappa shape index (κ1) is 12.6. The maximum absolute atomic E-state index is 5.72. The second kappa shape index (κ2) is 5.17. The molecule has 92 valence electrons. The Morgan fingerprint density at radius 3 is 2.82 bits per heavy atom. The van der Waals surface area contributed by atoms with E-state index >= 15 is 0 Å². The van der Waals surface area contributed by atoms with Gasteiger partial charge in [-0.1, -0.05) is 32.0 Å². The van der Waals surface area contributed by atoms with Gasteiger partial charge in [0.05, 0.1) is 0 Å². The van der Waals surface area contributed by atoms with Gasteiger partial charge in [-0.15, -0.1) is 11.3 Å². The summed E-state index contributed by atoms with van der Waals surface area (Å²) in [6.07, 6.45) is 0. The Labute approximate surface area is 107 Å². The van der Waals surface area contributed by atoms with Crippen LogP contribution in [0.15, 0.2) is 29.6 Å². The molecule has 0 radical (unpaired) electrons. The molecule has 0 bridgehead atoms. The zero-order valence-electron chi connectivity index (χ0n) is 10.5. The third-order valence-corrected chi connectivity index (χ3v) is 4.05. The summed E-state index contributed by atoms with van der Waals surface area (Å²) in [5.74, 6) is 0. The van der Waals surface area contributed by atoms with Crippen molar-refractivity contribution in [1.29, 1.82) is 0 Å². The van der Waals surface area contributed by atoms with Crippen LogP contribution in [0.2, 0.25) is 0 Å². The molecule has 2 nitrogen and oxygen atoms in total. The quantitative estimate of drug-likeness (QED) is 0.853. The second-order valence-corrected chi connectivity index (χ2v) is 6.14. The van der Waals surface area contributed by atoms with Crippen molar-refractivity contribution in [3.63, 3.8) is 0 Å². The summed E-state index contributed by atoms with van der Waals surface area (Å²) in [5.41, 5.74) is 7.28. The highest BCUT2D eigenvalue weighted by molar-refractivity contribution is 7.17. The number of thiophene rings is 1. The molecule has 1 aromatic heterocycles. The average Bonchev–Trinajstić information content (AvgIpc) is 2.73. The van der Waals surface area contributed by atoms with Gasteiger partial charge in [-0.25, -0.2) is 0 Å². The lowest BCUT2D eigenvalue weighted by atomic mass is 9.94. The summed E-state index contributed by atoms with van der Waals surface area (Å²) in [6.45, 7) is 6.96.